The molecule has 0 spiro atoms. The highest BCUT2D eigenvalue weighted by molar-refractivity contribution is 5.81. The molecule has 1 amide bonds. The molecule has 6 nitrogen and oxygen atoms in total. The number of aromatic amines is 1. The monoisotopic (exact) mass is 173 g/mol. The first-order valence-corrected chi connectivity index (χ1v) is 2.85. The van der Waals surface area contributed by atoms with Gasteiger partial charge in [0.25, 0.3) is 0 Å². The Bertz CT molecular complexity index is 361. The van der Waals surface area contributed by atoms with Crippen molar-refractivity contribution in [3.8, 4) is 0 Å². The van der Waals surface area contributed by atoms with Crippen LogP contribution < -0.4 is 11.0 Å². The van der Waals surface area contributed by atoms with Crippen molar-refractivity contribution in [1.82, 2.24) is 9.97 Å². The van der Waals surface area contributed by atoms with Gasteiger partial charge in [0.15, 0.2) is 11.6 Å². The van der Waals surface area contributed by atoms with Gasteiger partial charge < -0.3 is 10.1 Å². The highest BCUT2D eigenvalue weighted by Crippen LogP contribution is 2.03. The molecule has 12 heavy (non-hydrogen) atoms. The van der Waals surface area contributed by atoms with Crippen molar-refractivity contribution in [2.45, 2.75) is 0 Å². The number of nitrogens with one attached hydrogen (secondary N) is 2. The van der Waals surface area contributed by atoms with Gasteiger partial charge in [-0.15, -0.1) is 0 Å². The topological polar surface area (TPSA) is 95.1 Å². The Morgan fingerprint density at radius 3 is 3.00 bits per heavy atom. The van der Waals surface area contributed by atoms with E-state index in [0.717, 1.165) is 6.20 Å². The minimum absolute atomic E-state index is 0.605. The first kappa shape index (κ1) is 8.18. The lowest BCUT2D eigenvalue weighted by molar-refractivity contribution is 0.209. The number of H-pyrrole nitrogens is 1. The van der Waals surface area contributed by atoms with Gasteiger partial charge in [-0.2, -0.15) is 4.98 Å². The molecule has 0 unspecified atom stereocenters. The second-order valence-electron chi connectivity index (χ2n) is 1.83. The summed E-state index contributed by atoms with van der Waals surface area (Å²) in [7, 11) is 0. The molecule has 0 atom stereocenters. The first-order chi connectivity index (χ1) is 5.59. The standard InChI is InChI=1S/C5H4FN3O3/c6-2-1-7-4(10)8-3(2)9-5(11)12/h1H,(H,11,12)(H2,7,8,9,10). The predicted octanol–water partition coefficient (Wildman–Crippen LogP) is -0.00110. The Balaban J connectivity index is 3.05. The van der Waals surface area contributed by atoms with E-state index in [4.69, 9.17) is 5.11 Å². The molecule has 0 aliphatic carbocycles. The van der Waals surface area contributed by atoms with E-state index in [-0.39, 0.29) is 0 Å². The molecule has 0 saturated heterocycles. The Morgan fingerprint density at radius 1 is 1.75 bits per heavy atom. The fourth-order valence-corrected chi connectivity index (χ4v) is 0.570. The van der Waals surface area contributed by atoms with Crippen molar-refractivity contribution in [3.05, 3.63) is 22.5 Å². The molecule has 0 radical (unpaired) electrons. The summed E-state index contributed by atoms with van der Waals surface area (Å²) < 4.78 is 12.6. The molecule has 1 heterocycles. The SMILES string of the molecule is O=C(O)Nc1nc(=O)[nH]cc1F. The zero-order valence-electron chi connectivity index (χ0n) is 5.67. The normalized spacial score (nSPS) is 9.42. The fourth-order valence-electron chi connectivity index (χ4n) is 0.570. The zero-order chi connectivity index (χ0) is 9.14. The van der Waals surface area contributed by atoms with Gasteiger partial charge in [0.1, 0.15) is 0 Å². The molecule has 0 aromatic carbocycles. The zero-order valence-corrected chi connectivity index (χ0v) is 5.67. The molecular weight excluding hydrogens is 169 g/mol. The van der Waals surface area contributed by atoms with Crippen molar-refractivity contribution in [3.63, 3.8) is 0 Å². The Labute approximate surface area is 65.1 Å². The van der Waals surface area contributed by atoms with Crippen LogP contribution in [0.4, 0.5) is 15.0 Å². The van der Waals surface area contributed by atoms with Crippen LogP contribution in [0.2, 0.25) is 0 Å². The van der Waals surface area contributed by atoms with Gasteiger partial charge in [-0.3, -0.25) is 5.32 Å². The number of aromatic nitrogens is 2. The molecule has 0 aliphatic rings. The number of halogens is 1. The molecule has 1 rings (SSSR count). The van der Waals surface area contributed by atoms with E-state index in [1.54, 1.807) is 5.32 Å². The maximum Gasteiger partial charge on any atom is 0.410 e. The molecular formula is C5H4FN3O3. The van der Waals surface area contributed by atoms with Crippen LogP contribution in [0.15, 0.2) is 11.0 Å². The lowest BCUT2D eigenvalue weighted by Gasteiger charge is -1.97. The average molecular weight is 173 g/mol. The summed E-state index contributed by atoms with van der Waals surface area (Å²) in [4.78, 5) is 25.4. The number of hydrogen-bond donors (Lipinski definition) is 3. The summed E-state index contributed by atoms with van der Waals surface area (Å²) in [6.45, 7) is 0. The van der Waals surface area contributed by atoms with Crippen molar-refractivity contribution < 1.29 is 14.3 Å². The van der Waals surface area contributed by atoms with E-state index < -0.39 is 23.4 Å². The van der Waals surface area contributed by atoms with Gasteiger partial charge in [0.2, 0.25) is 0 Å². The Hall–Kier alpha value is -1.92. The molecule has 0 fully saturated rings. The van der Waals surface area contributed by atoms with Crippen molar-refractivity contribution in [1.29, 1.82) is 0 Å². The molecule has 0 aliphatic heterocycles. The number of carbonyl (C=O) groups is 1. The average Bonchev–Trinajstić information content (AvgIpc) is 1.96. The number of rotatable bonds is 1. The molecule has 0 bridgehead atoms. The number of hydrogen-bond acceptors (Lipinski definition) is 3. The van der Waals surface area contributed by atoms with E-state index in [1.165, 1.54) is 0 Å². The van der Waals surface area contributed by atoms with Gasteiger partial charge in [0.05, 0.1) is 0 Å². The highest BCUT2D eigenvalue weighted by atomic mass is 19.1. The van der Waals surface area contributed by atoms with Crippen molar-refractivity contribution in [2.24, 2.45) is 0 Å². The maximum atomic E-state index is 12.6. The van der Waals surface area contributed by atoms with Crippen LogP contribution in [0.25, 0.3) is 0 Å². The summed E-state index contributed by atoms with van der Waals surface area (Å²) in [6, 6.07) is 0. The van der Waals surface area contributed by atoms with Gasteiger partial charge in [-0.1, -0.05) is 0 Å². The number of anilines is 1. The van der Waals surface area contributed by atoms with Gasteiger partial charge in [-0.05, 0) is 0 Å². The molecule has 1 aromatic rings. The summed E-state index contributed by atoms with van der Waals surface area (Å²) >= 11 is 0. The van der Waals surface area contributed by atoms with Crippen molar-refractivity contribution in [2.75, 3.05) is 5.32 Å². The predicted molar refractivity (Wildman–Crippen MR) is 36.5 cm³/mol. The fraction of sp³-hybridized carbons (Fsp3) is 0. The van der Waals surface area contributed by atoms with Gasteiger partial charge in [0, 0.05) is 6.20 Å². The minimum Gasteiger partial charge on any atom is -0.465 e. The van der Waals surface area contributed by atoms with Crippen LogP contribution in [-0.2, 0) is 0 Å². The summed E-state index contributed by atoms with van der Waals surface area (Å²) in [5.41, 5.74) is -0.819. The van der Waals surface area contributed by atoms with E-state index in [0.29, 0.717) is 0 Å². The number of carboxylic acid groups (broad SMARTS) is 1. The second kappa shape index (κ2) is 2.99. The largest absolute Gasteiger partial charge is 0.465 e. The Morgan fingerprint density at radius 2 is 2.42 bits per heavy atom. The highest BCUT2D eigenvalue weighted by Gasteiger charge is 2.06. The third kappa shape index (κ3) is 1.78. The van der Waals surface area contributed by atoms with Crippen LogP contribution in [0.1, 0.15) is 0 Å². The van der Waals surface area contributed by atoms with Crippen LogP contribution in [0.5, 0.6) is 0 Å². The molecule has 7 heteroatoms. The first-order valence-electron chi connectivity index (χ1n) is 2.85. The van der Waals surface area contributed by atoms with E-state index in [2.05, 4.69) is 4.98 Å². The van der Waals surface area contributed by atoms with Crippen LogP contribution >= 0.6 is 0 Å². The van der Waals surface area contributed by atoms with Gasteiger partial charge in [-0.25, -0.2) is 14.0 Å². The summed E-state index contributed by atoms with van der Waals surface area (Å²) in [6.07, 6.45) is -0.757. The maximum absolute atomic E-state index is 12.6. The minimum atomic E-state index is -1.48. The van der Waals surface area contributed by atoms with Crippen LogP contribution in [0.3, 0.4) is 0 Å². The number of nitrogens with zero attached hydrogens (tertiary/aromatic N) is 1. The van der Waals surface area contributed by atoms with E-state index in [9.17, 15) is 14.0 Å². The van der Waals surface area contributed by atoms with E-state index in [1.807, 2.05) is 4.98 Å². The molecule has 1 aromatic heterocycles. The summed E-state index contributed by atoms with van der Waals surface area (Å²) in [5.74, 6) is -1.54. The van der Waals surface area contributed by atoms with Gasteiger partial charge >= 0.3 is 11.8 Å². The van der Waals surface area contributed by atoms with Crippen LogP contribution in [0, 0.1) is 5.82 Å². The molecule has 0 saturated carbocycles. The van der Waals surface area contributed by atoms with E-state index >= 15 is 0 Å². The van der Waals surface area contributed by atoms with Crippen LogP contribution in [-0.4, -0.2) is 21.2 Å². The summed E-state index contributed by atoms with van der Waals surface area (Å²) in [5, 5.41) is 9.78. The van der Waals surface area contributed by atoms with Crippen molar-refractivity contribution >= 4 is 11.9 Å². The quantitative estimate of drug-likeness (QED) is 0.556. The Kier molecular flexibility index (Phi) is 2.04. The molecule has 3 N–H and O–H groups in total. The molecule has 64 valence electrons. The second-order valence-corrected chi connectivity index (χ2v) is 1.83. The third-order valence-electron chi connectivity index (χ3n) is 0.987. The number of amides is 1. The lowest BCUT2D eigenvalue weighted by Crippen LogP contribution is -2.17. The third-order valence-corrected chi connectivity index (χ3v) is 0.987. The lowest BCUT2D eigenvalue weighted by atomic mass is 10.5. The smallest absolute Gasteiger partial charge is 0.410 e.